The van der Waals surface area contributed by atoms with Crippen molar-refractivity contribution in [1.29, 1.82) is 5.26 Å². The van der Waals surface area contributed by atoms with E-state index < -0.39 is 0 Å². The van der Waals surface area contributed by atoms with Crippen LogP contribution in [0.3, 0.4) is 0 Å². The minimum absolute atomic E-state index is 0.320. The Kier molecular flexibility index (Phi) is 3.63. The summed E-state index contributed by atoms with van der Waals surface area (Å²) < 4.78 is 13.4. The molecule has 3 nitrogen and oxygen atoms in total. The van der Waals surface area contributed by atoms with E-state index in [0.29, 0.717) is 11.1 Å². The Morgan fingerprint density at radius 3 is 2.59 bits per heavy atom. The fraction of sp³-hybridized carbons (Fsp3) is 0.0556. The van der Waals surface area contributed by atoms with Gasteiger partial charge in [-0.2, -0.15) is 5.26 Å². The summed E-state index contributed by atoms with van der Waals surface area (Å²) in [4.78, 5) is 8.12. The average molecular weight is 289 g/mol. The van der Waals surface area contributed by atoms with Crippen LogP contribution in [-0.2, 0) is 0 Å². The van der Waals surface area contributed by atoms with Crippen molar-refractivity contribution in [2.24, 2.45) is 0 Å². The van der Waals surface area contributed by atoms with Gasteiger partial charge in [0.15, 0.2) is 0 Å². The maximum absolute atomic E-state index is 13.4. The minimum atomic E-state index is -0.320. The molecule has 0 unspecified atom stereocenters. The Bertz CT molecular complexity index is 867. The molecular weight excluding hydrogens is 277 g/mol. The topological polar surface area (TPSA) is 49.6 Å². The third-order valence-corrected chi connectivity index (χ3v) is 3.57. The summed E-state index contributed by atoms with van der Waals surface area (Å²) in [5.41, 5.74) is 4.39. The Hall–Kier alpha value is -3.06. The monoisotopic (exact) mass is 289 g/mol. The second-order valence-electron chi connectivity index (χ2n) is 4.88. The van der Waals surface area contributed by atoms with Gasteiger partial charge in [0.1, 0.15) is 18.2 Å². The SMILES string of the molecule is Cc1c(-c2ccncn2)ccc(-c2cccc(F)c2)c1C#N. The predicted molar refractivity (Wildman–Crippen MR) is 82.3 cm³/mol. The van der Waals surface area contributed by atoms with Crippen molar-refractivity contribution in [1.82, 2.24) is 9.97 Å². The van der Waals surface area contributed by atoms with E-state index >= 15 is 0 Å². The van der Waals surface area contributed by atoms with Crippen LogP contribution in [0.1, 0.15) is 11.1 Å². The smallest absolute Gasteiger partial charge is 0.123 e. The summed E-state index contributed by atoms with van der Waals surface area (Å²) in [7, 11) is 0. The Labute approximate surface area is 127 Å². The third kappa shape index (κ3) is 2.45. The van der Waals surface area contributed by atoms with Gasteiger partial charge in [-0.1, -0.05) is 24.3 Å². The fourth-order valence-corrected chi connectivity index (χ4v) is 2.48. The highest BCUT2D eigenvalue weighted by atomic mass is 19.1. The molecule has 3 rings (SSSR count). The summed E-state index contributed by atoms with van der Waals surface area (Å²) in [5, 5.41) is 9.52. The van der Waals surface area contributed by atoms with Gasteiger partial charge in [0.2, 0.25) is 0 Å². The molecule has 0 spiro atoms. The van der Waals surface area contributed by atoms with Gasteiger partial charge in [0.25, 0.3) is 0 Å². The highest BCUT2D eigenvalue weighted by Crippen LogP contribution is 2.32. The second kappa shape index (κ2) is 5.74. The van der Waals surface area contributed by atoms with Crippen LogP contribution >= 0.6 is 0 Å². The maximum Gasteiger partial charge on any atom is 0.123 e. The van der Waals surface area contributed by atoms with Gasteiger partial charge >= 0.3 is 0 Å². The molecule has 0 fully saturated rings. The van der Waals surface area contributed by atoms with Crippen LogP contribution in [0, 0.1) is 24.1 Å². The Balaban J connectivity index is 2.20. The zero-order chi connectivity index (χ0) is 15.5. The second-order valence-corrected chi connectivity index (χ2v) is 4.88. The lowest BCUT2D eigenvalue weighted by molar-refractivity contribution is 0.628. The normalized spacial score (nSPS) is 10.2. The van der Waals surface area contributed by atoms with Crippen LogP contribution in [0.5, 0.6) is 0 Å². The van der Waals surface area contributed by atoms with Gasteiger partial charge < -0.3 is 0 Å². The Morgan fingerprint density at radius 1 is 1.09 bits per heavy atom. The maximum atomic E-state index is 13.4. The zero-order valence-corrected chi connectivity index (χ0v) is 11.9. The summed E-state index contributed by atoms with van der Waals surface area (Å²) in [5.74, 6) is -0.320. The molecule has 22 heavy (non-hydrogen) atoms. The van der Waals surface area contributed by atoms with Crippen molar-refractivity contribution >= 4 is 0 Å². The van der Waals surface area contributed by atoms with Crippen molar-refractivity contribution in [3.05, 3.63) is 71.9 Å². The van der Waals surface area contributed by atoms with Crippen molar-refractivity contribution < 1.29 is 4.39 Å². The molecule has 0 radical (unpaired) electrons. The van der Waals surface area contributed by atoms with Gasteiger partial charge in [-0.05, 0) is 41.8 Å². The molecule has 0 N–H and O–H groups in total. The number of aromatic nitrogens is 2. The molecule has 1 aromatic heterocycles. The molecule has 0 aliphatic heterocycles. The number of hydrogen-bond donors (Lipinski definition) is 0. The number of benzene rings is 2. The zero-order valence-electron chi connectivity index (χ0n) is 11.9. The molecule has 0 saturated heterocycles. The first-order chi connectivity index (χ1) is 10.7. The predicted octanol–water partition coefficient (Wildman–Crippen LogP) is 4.13. The molecule has 0 aliphatic rings. The van der Waals surface area contributed by atoms with Crippen molar-refractivity contribution in [2.75, 3.05) is 0 Å². The number of nitriles is 1. The molecule has 2 aromatic carbocycles. The quantitative estimate of drug-likeness (QED) is 0.712. The highest BCUT2D eigenvalue weighted by molar-refractivity contribution is 5.78. The molecule has 0 atom stereocenters. The fourth-order valence-electron chi connectivity index (χ4n) is 2.48. The molecule has 1 heterocycles. The summed E-state index contributed by atoms with van der Waals surface area (Å²) in [6, 6.07) is 14.0. The number of hydrogen-bond acceptors (Lipinski definition) is 3. The first-order valence-corrected chi connectivity index (χ1v) is 6.76. The molecular formula is C18H12FN3. The number of rotatable bonds is 2. The Morgan fingerprint density at radius 2 is 1.91 bits per heavy atom. The summed E-state index contributed by atoms with van der Waals surface area (Å²) >= 11 is 0. The summed E-state index contributed by atoms with van der Waals surface area (Å²) in [6.45, 7) is 1.87. The van der Waals surface area contributed by atoms with Crippen LogP contribution in [0.15, 0.2) is 55.0 Å². The van der Waals surface area contributed by atoms with E-state index in [9.17, 15) is 9.65 Å². The van der Waals surface area contributed by atoms with E-state index in [4.69, 9.17) is 0 Å². The lowest BCUT2D eigenvalue weighted by atomic mass is 9.92. The molecule has 0 bridgehead atoms. The molecule has 4 heteroatoms. The first kappa shape index (κ1) is 13.9. The van der Waals surface area contributed by atoms with Gasteiger partial charge in [-0.25, -0.2) is 14.4 Å². The van der Waals surface area contributed by atoms with E-state index in [1.54, 1.807) is 24.4 Å². The van der Waals surface area contributed by atoms with E-state index in [0.717, 1.165) is 22.4 Å². The first-order valence-electron chi connectivity index (χ1n) is 6.76. The standard InChI is InChI=1S/C18H12FN3/c1-12-15(18-7-8-21-11-22-18)5-6-16(17(12)10-20)13-3-2-4-14(19)9-13/h2-9,11H,1H3. The van der Waals surface area contributed by atoms with E-state index in [1.165, 1.54) is 18.5 Å². The van der Waals surface area contributed by atoms with Crippen molar-refractivity contribution in [3.8, 4) is 28.5 Å². The molecule has 106 valence electrons. The van der Waals surface area contributed by atoms with Crippen LogP contribution in [-0.4, -0.2) is 9.97 Å². The minimum Gasteiger partial charge on any atom is -0.245 e. The highest BCUT2D eigenvalue weighted by Gasteiger charge is 2.13. The summed E-state index contributed by atoms with van der Waals surface area (Å²) in [6.07, 6.45) is 3.13. The van der Waals surface area contributed by atoms with E-state index in [-0.39, 0.29) is 5.82 Å². The van der Waals surface area contributed by atoms with Gasteiger partial charge in [0.05, 0.1) is 11.3 Å². The van der Waals surface area contributed by atoms with Crippen LogP contribution < -0.4 is 0 Å². The van der Waals surface area contributed by atoms with Crippen molar-refractivity contribution in [3.63, 3.8) is 0 Å². The molecule has 0 saturated carbocycles. The van der Waals surface area contributed by atoms with Crippen molar-refractivity contribution in [2.45, 2.75) is 6.92 Å². The van der Waals surface area contributed by atoms with Gasteiger partial charge in [-0.15, -0.1) is 0 Å². The van der Waals surface area contributed by atoms with Gasteiger partial charge in [-0.3, -0.25) is 0 Å². The molecule has 0 amide bonds. The lowest BCUT2D eigenvalue weighted by Gasteiger charge is -2.11. The molecule has 0 aliphatic carbocycles. The van der Waals surface area contributed by atoms with Crippen LogP contribution in [0.25, 0.3) is 22.4 Å². The molecule has 3 aromatic rings. The van der Waals surface area contributed by atoms with E-state index in [2.05, 4.69) is 16.0 Å². The largest absolute Gasteiger partial charge is 0.245 e. The number of halogens is 1. The average Bonchev–Trinajstić information content (AvgIpc) is 2.55. The third-order valence-electron chi connectivity index (χ3n) is 3.57. The van der Waals surface area contributed by atoms with Gasteiger partial charge in [0, 0.05) is 11.8 Å². The van der Waals surface area contributed by atoms with Crippen LogP contribution in [0.2, 0.25) is 0 Å². The van der Waals surface area contributed by atoms with E-state index in [1.807, 2.05) is 19.1 Å². The van der Waals surface area contributed by atoms with Crippen LogP contribution in [0.4, 0.5) is 4.39 Å². The number of nitrogens with zero attached hydrogens (tertiary/aromatic N) is 3. The lowest BCUT2D eigenvalue weighted by Crippen LogP contribution is -1.94.